The van der Waals surface area contributed by atoms with Crippen molar-refractivity contribution in [1.29, 1.82) is 0 Å². The summed E-state index contributed by atoms with van der Waals surface area (Å²) in [6.07, 6.45) is 0.518. The number of nitrogens with one attached hydrogen (secondary N) is 2. The number of fused-ring (bicyclic) bond motifs is 2. The zero-order chi connectivity index (χ0) is 23.8. The monoisotopic (exact) mass is 468 g/mol. The van der Waals surface area contributed by atoms with E-state index >= 15 is 0 Å². The van der Waals surface area contributed by atoms with Gasteiger partial charge in [-0.2, -0.15) is 5.10 Å². The number of aromatic amines is 2. The number of H-pyrrole nitrogens is 2. The molecule has 35 heavy (non-hydrogen) atoms. The van der Waals surface area contributed by atoms with E-state index < -0.39 is 0 Å². The maximum absolute atomic E-state index is 14.7. The van der Waals surface area contributed by atoms with Crippen LogP contribution in [0.3, 0.4) is 0 Å². The minimum absolute atomic E-state index is 0.201. The molecule has 0 aliphatic carbocycles. The third kappa shape index (κ3) is 4.28. The average molecular weight is 469 g/mol. The fraction of sp³-hybridized carbons (Fsp3) is 0.222. The molecule has 6 rings (SSSR count). The van der Waals surface area contributed by atoms with Gasteiger partial charge in [-0.15, -0.1) is 0 Å². The van der Waals surface area contributed by atoms with Gasteiger partial charge in [0.05, 0.1) is 22.1 Å². The van der Waals surface area contributed by atoms with Gasteiger partial charge in [-0.1, -0.05) is 42.5 Å². The first-order valence-electron chi connectivity index (χ1n) is 11.8. The molecule has 1 aliphatic rings. The molecule has 2 aromatic heterocycles. The maximum atomic E-state index is 14.7. The first-order chi connectivity index (χ1) is 17.1. The molecule has 0 saturated carbocycles. The van der Waals surface area contributed by atoms with Gasteiger partial charge in [-0.3, -0.25) is 9.69 Å². The Balaban J connectivity index is 1.15. The third-order valence-electron chi connectivity index (χ3n) is 6.70. The standard InChI is InChI=1S/C27H25FN6O/c28-22-10-9-18(16-25-20-5-1-2-6-21(20)26(35)32-31-25)15-19(22)17-33-11-13-34(14-12-33)27-29-23-7-3-4-8-24(23)30-27/h1-10,15H,11-14,16-17H2,(H,29,30)(H,32,35). The molecule has 5 aromatic rings. The van der Waals surface area contributed by atoms with Crippen LogP contribution in [0.15, 0.2) is 71.5 Å². The van der Waals surface area contributed by atoms with Gasteiger partial charge in [-0.25, -0.2) is 14.5 Å². The molecule has 176 valence electrons. The Hall–Kier alpha value is -4.04. The van der Waals surface area contributed by atoms with Gasteiger partial charge in [0, 0.05) is 50.1 Å². The van der Waals surface area contributed by atoms with E-state index in [1.807, 2.05) is 48.5 Å². The van der Waals surface area contributed by atoms with E-state index in [2.05, 4.69) is 25.0 Å². The quantitative estimate of drug-likeness (QED) is 0.410. The summed E-state index contributed by atoms with van der Waals surface area (Å²) in [5, 5.41) is 8.28. The normalized spacial score (nSPS) is 14.7. The second kappa shape index (κ2) is 8.96. The van der Waals surface area contributed by atoms with Crippen molar-refractivity contribution in [3.8, 4) is 0 Å². The predicted octanol–water partition coefficient (Wildman–Crippen LogP) is 3.85. The van der Waals surface area contributed by atoms with Gasteiger partial charge >= 0.3 is 0 Å². The molecular formula is C27H25FN6O. The number of hydrogen-bond acceptors (Lipinski definition) is 5. The highest BCUT2D eigenvalue weighted by Crippen LogP contribution is 2.22. The minimum Gasteiger partial charge on any atom is -0.340 e. The number of rotatable bonds is 5. The number of piperazine rings is 1. The summed E-state index contributed by atoms with van der Waals surface area (Å²) < 4.78 is 14.7. The van der Waals surface area contributed by atoms with Crippen LogP contribution in [0.25, 0.3) is 21.8 Å². The Morgan fingerprint density at radius 2 is 1.69 bits per heavy atom. The van der Waals surface area contributed by atoms with Crippen molar-refractivity contribution in [2.75, 3.05) is 31.1 Å². The predicted molar refractivity (Wildman–Crippen MR) is 135 cm³/mol. The number of hydrogen-bond donors (Lipinski definition) is 2. The van der Waals surface area contributed by atoms with Crippen LogP contribution in [-0.4, -0.2) is 51.2 Å². The molecule has 1 aliphatic heterocycles. The summed E-state index contributed by atoms with van der Waals surface area (Å²) in [6, 6.07) is 20.7. The molecule has 0 unspecified atom stereocenters. The molecule has 1 saturated heterocycles. The van der Waals surface area contributed by atoms with Gasteiger partial charge in [0.25, 0.3) is 5.56 Å². The zero-order valence-electron chi connectivity index (χ0n) is 19.2. The molecule has 0 atom stereocenters. The molecule has 0 bridgehead atoms. The average Bonchev–Trinajstić information content (AvgIpc) is 3.33. The lowest BCUT2D eigenvalue weighted by molar-refractivity contribution is 0.245. The highest BCUT2D eigenvalue weighted by molar-refractivity contribution is 5.83. The summed E-state index contributed by atoms with van der Waals surface area (Å²) in [6.45, 7) is 3.86. The smallest absolute Gasteiger partial charge is 0.272 e. The molecule has 0 radical (unpaired) electrons. The number of para-hydroxylation sites is 2. The van der Waals surface area contributed by atoms with Crippen molar-refractivity contribution < 1.29 is 4.39 Å². The summed E-state index contributed by atoms with van der Waals surface area (Å²) in [5.41, 5.74) is 4.21. The van der Waals surface area contributed by atoms with Crippen molar-refractivity contribution in [1.82, 2.24) is 25.1 Å². The van der Waals surface area contributed by atoms with Crippen molar-refractivity contribution in [2.45, 2.75) is 13.0 Å². The van der Waals surface area contributed by atoms with Crippen LogP contribution in [0.1, 0.15) is 16.8 Å². The Morgan fingerprint density at radius 1 is 0.914 bits per heavy atom. The van der Waals surface area contributed by atoms with E-state index in [9.17, 15) is 9.18 Å². The van der Waals surface area contributed by atoms with Gasteiger partial charge < -0.3 is 9.88 Å². The number of imidazole rings is 1. The highest BCUT2D eigenvalue weighted by atomic mass is 19.1. The van der Waals surface area contributed by atoms with Crippen LogP contribution in [0, 0.1) is 5.82 Å². The number of anilines is 1. The van der Waals surface area contributed by atoms with Crippen molar-refractivity contribution in [3.05, 3.63) is 99.7 Å². The van der Waals surface area contributed by atoms with Crippen LogP contribution < -0.4 is 10.5 Å². The van der Waals surface area contributed by atoms with Gasteiger partial charge in [0.15, 0.2) is 0 Å². The molecule has 3 aromatic carbocycles. The third-order valence-corrected chi connectivity index (χ3v) is 6.70. The first-order valence-corrected chi connectivity index (χ1v) is 11.8. The topological polar surface area (TPSA) is 80.9 Å². The van der Waals surface area contributed by atoms with Crippen LogP contribution in [-0.2, 0) is 13.0 Å². The fourth-order valence-corrected chi connectivity index (χ4v) is 4.81. The summed E-state index contributed by atoms with van der Waals surface area (Å²) in [5.74, 6) is 0.687. The molecule has 3 heterocycles. The maximum Gasteiger partial charge on any atom is 0.272 e. The summed E-state index contributed by atoms with van der Waals surface area (Å²) in [4.78, 5) is 24.7. The van der Waals surface area contributed by atoms with Gasteiger partial charge in [0.2, 0.25) is 5.95 Å². The molecule has 0 amide bonds. The van der Waals surface area contributed by atoms with E-state index in [-0.39, 0.29) is 11.4 Å². The SMILES string of the molecule is O=c1[nH]nc(Cc2ccc(F)c(CN3CCN(c4nc5ccccc5[nH]4)CC3)c2)c2ccccc12. The lowest BCUT2D eigenvalue weighted by Crippen LogP contribution is -2.46. The first kappa shape index (κ1) is 21.5. The van der Waals surface area contributed by atoms with Crippen molar-refractivity contribution in [2.24, 2.45) is 0 Å². The number of benzene rings is 3. The molecule has 1 fully saturated rings. The Labute approximate surface area is 201 Å². The van der Waals surface area contributed by atoms with E-state index in [0.29, 0.717) is 23.9 Å². The van der Waals surface area contributed by atoms with Crippen LogP contribution in [0.2, 0.25) is 0 Å². The number of nitrogens with zero attached hydrogens (tertiary/aromatic N) is 4. The fourth-order valence-electron chi connectivity index (χ4n) is 4.81. The van der Waals surface area contributed by atoms with Crippen LogP contribution >= 0.6 is 0 Å². The number of aromatic nitrogens is 4. The Kier molecular flexibility index (Phi) is 5.50. The molecule has 2 N–H and O–H groups in total. The lowest BCUT2D eigenvalue weighted by atomic mass is 10.0. The van der Waals surface area contributed by atoms with Crippen LogP contribution in [0.5, 0.6) is 0 Å². The molecule has 8 heteroatoms. The van der Waals surface area contributed by atoms with E-state index in [1.165, 1.54) is 6.07 Å². The van der Waals surface area contributed by atoms with Crippen molar-refractivity contribution >= 4 is 27.8 Å². The van der Waals surface area contributed by atoms with E-state index in [1.54, 1.807) is 12.1 Å². The minimum atomic E-state index is -0.203. The Morgan fingerprint density at radius 3 is 2.51 bits per heavy atom. The van der Waals surface area contributed by atoms with E-state index in [4.69, 9.17) is 4.98 Å². The summed E-state index contributed by atoms with van der Waals surface area (Å²) in [7, 11) is 0. The lowest BCUT2D eigenvalue weighted by Gasteiger charge is -2.34. The second-order valence-electron chi connectivity index (χ2n) is 8.99. The number of halogens is 1. The Bertz CT molecular complexity index is 1530. The molecule has 0 spiro atoms. The largest absolute Gasteiger partial charge is 0.340 e. The second-order valence-corrected chi connectivity index (χ2v) is 8.99. The van der Waals surface area contributed by atoms with Gasteiger partial charge in [-0.05, 0) is 29.8 Å². The van der Waals surface area contributed by atoms with Crippen LogP contribution in [0.4, 0.5) is 10.3 Å². The highest BCUT2D eigenvalue weighted by Gasteiger charge is 2.21. The molecule has 7 nitrogen and oxygen atoms in total. The summed E-state index contributed by atoms with van der Waals surface area (Å²) >= 11 is 0. The van der Waals surface area contributed by atoms with E-state index in [0.717, 1.165) is 59.8 Å². The molecular weight excluding hydrogens is 443 g/mol. The zero-order valence-corrected chi connectivity index (χ0v) is 19.2. The van der Waals surface area contributed by atoms with Gasteiger partial charge in [0.1, 0.15) is 5.82 Å². The van der Waals surface area contributed by atoms with Crippen molar-refractivity contribution in [3.63, 3.8) is 0 Å².